The Balaban J connectivity index is 4.46. The molecule has 0 spiro atoms. The maximum atomic E-state index is 11.6. The molecule has 0 heterocycles. The van der Waals surface area contributed by atoms with E-state index in [0.717, 1.165) is 32.1 Å². The van der Waals surface area contributed by atoms with Gasteiger partial charge in [0.1, 0.15) is 0 Å². The van der Waals surface area contributed by atoms with Gasteiger partial charge in [0.2, 0.25) is 5.91 Å². The number of nitrogens with zero attached hydrogens (tertiary/aromatic N) is 1. The number of rotatable bonds is 9. The van der Waals surface area contributed by atoms with Crippen LogP contribution in [-0.2, 0) is 4.79 Å². The lowest BCUT2D eigenvalue weighted by Crippen LogP contribution is -2.39. The first-order valence-electron chi connectivity index (χ1n) is 6.42. The van der Waals surface area contributed by atoms with Gasteiger partial charge in [-0.2, -0.15) is 0 Å². The van der Waals surface area contributed by atoms with E-state index in [1.54, 1.807) is 0 Å². The first kappa shape index (κ1) is 15.9. The number of carbonyl (C=O) groups is 1. The van der Waals surface area contributed by atoms with Crippen LogP contribution < -0.4 is 11.3 Å². The Hall–Kier alpha value is -1.10. The van der Waals surface area contributed by atoms with Crippen molar-refractivity contribution in [1.82, 2.24) is 5.43 Å². The predicted molar refractivity (Wildman–Crippen MR) is 68.7 cm³/mol. The lowest BCUT2D eigenvalue weighted by Gasteiger charge is -2.16. The van der Waals surface area contributed by atoms with Crippen LogP contribution >= 0.6 is 0 Å². The van der Waals surface area contributed by atoms with E-state index in [1.165, 1.54) is 0 Å². The molecule has 0 aliphatic heterocycles. The Kier molecular flexibility index (Phi) is 9.43. The van der Waals surface area contributed by atoms with Gasteiger partial charge < -0.3 is 5.21 Å². The number of oxime groups is 1. The smallest absolute Gasteiger partial charge is 0.242 e. The van der Waals surface area contributed by atoms with Gasteiger partial charge in [-0.05, 0) is 19.3 Å². The number of amides is 1. The van der Waals surface area contributed by atoms with Crippen molar-refractivity contribution in [1.29, 1.82) is 0 Å². The van der Waals surface area contributed by atoms with Crippen LogP contribution in [0.5, 0.6) is 0 Å². The third kappa shape index (κ3) is 6.26. The van der Waals surface area contributed by atoms with Gasteiger partial charge in [-0.15, -0.1) is 0 Å². The fraction of sp³-hybridized carbons (Fsp3) is 0.833. The summed E-state index contributed by atoms with van der Waals surface area (Å²) in [6.45, 7) is 4.17. The lowest BCUT2D eigenvalue weighted by molar-refractivity contribution is -0.123. The fourth-order valence-electron chi connectivity index (χ4n) is 1.80. The van der Waals surface area contributed by atoms with Gasteiger partial charge in [-0.1, -0.05) is 44.7 Å². The van der Waals surface area contributed by atoms with E-state index < -0.39 is 0 Å². The zero-order valence-electron chi connectivity index (χ0n) is 10.9. The second-order valence-corrected chi connectivity index (χ2v) is 4.25. The maximum Gasteiger partial charge on any atom is 0.242 e. The van der Waals surface area contributed by atoms with Crippen LogP contribution in [0.1, 0.15) is 58.8 Å². The van der Waals surface area contributed by atoms with Crippen molar-refractivity contribution in [2.75, 3.05) is 0 Å². The molecule has 5 nitrogen and oxygen atoms in total. The molecular weight excluding hydrogens is 218 g/mol. The van der Waals surface area contributed by atoms with Crippen LogP contribution in [0.15, 0.2) is 5.16 Å². The number of hydrogen-bond acceptors (Lipinski definition) is 4. The third-order valence-corrected chi connectivity index (χ3v) is 2.87. The zero-order chi connectivity index (χ0) is 13.1. The Morgan fingerprint density at radius 1 is 1.29 bits per heavy atom. The monoisotopic (exact) mass is 243 g/mol. The molecule has 4 N–H and O–H groups in total. The molecule has 1 atom stereocenters. The van der Waals surface area contributed by atoms with E-state index in [-0.39, 0.29) is 11.8 Å². The first-order valence-corrected chi connectivity index (χ1v) is 6.42. The second-order valence-electron chi connectivity index (χ2n) is 4.25. The van der Waals surface area contributed by atoms with Gasteiger partial charge in [0, 0.05) is 0 Å². The molecule has 100 valence electrons. The van der Waals surface area contributed by atoms with E-state index in [1.807, 2.05) is 0 Å². The van der Waals surface area contributed by atoms with E-state index in [2.05, 4.69) is 24.4 Å². The molecule has 0 fully saturated rings. The van der Waals surface area contributed by atoms with Gasteiger partial charge in [0.25, 0.3) is 0 Å². The summed E-state index contributed by atoms with van der Waals surface area (Å²) >= 11 is 0. The van der Waals surface area contributed by atoms with Crippen molar-refractivity contribution in [3.05, 3.63) is 0 Å². The van der Waals surface area contributed by atoms with E-state index >= 15 is 0 Å². The van der Waals surface area contributed by atoms with E-state index in [4.69, 9.17) is 11.0 Å². The molecule has 0 rings (SSSR count). The van der Waals surface area contributed by atoms with Gasteiger partial charge in [-0.3, -0.25) is 10.2 Å². The van der Waals surface area contributed by atoms with Crippen molar-refractivity contribution in [2.24, 2.45) is 16.9 Å². The SMILES string of the molecule is CCCCCC(C(=O)NN)C(CCCC)=NO. The predicted octanol–water partition coefficient (Wildman–Crippen LogP) is 2.19. The molecule has 0 aliphatic rings. The highest BCUT2D eigenvalue weighted by Crippen LogP contribution is 2.16. The maximum absolute atomic E-state index is 11.6. The van der Waals surface area contributed by atoms with Crippen molar-refractivity contribution in [3.8, 4) is 0 Å². The molecule has 0 saturated heterocycles. The summed E-state index contributed by atoms with van der Waals surface area (Å²) in [5.74, 6) is 4.52. The van der Waals surface area contributed by atoms with Crippen molar-refractivity contribution < 1.29 is 10.0 Å². The van der Waals surface area contributed by atoms with Gasteiger partial charge >= 0.3 is 0 Å². The number of hydrogen-bond donors (Lipinski definition) is 3. The highest BCUT2D eigenvalue weighted by molar-refractivity contribution is 6.03. The Morgan fingerprint density at radius 2 is 1.94 bits per heavy atom. The number of carbonyl (C=O) groups excluding carboxylic acids is 1. The van der Waals surface area contributed by atoms with Crippen molar-refractivity contribution in [3.63, 3.8) is 0 Å². The largest absolute Gasteiger partial charge is 0.411 e. The summed E-state index contributed by atoms with van der Waals surface area (Å²) in [4.78, 5) is 11.6. The summed E-state index contributed by atoms with van der Waals surface area (Å²) in [6.07, 6.45) is 6.38. The molecule has 0 radical (unpaired) electrons. The number of nitrogens with one attached hydrogen (secondary N) is 1. The molecule has 0 bridgehead atoms. The average Bonchev–Trinajstić information content (AvgIpc) is 2.36. The zero-order valence-corrected chi connectivity index (χ0v) is 10.9. The molecule has 5 heteroatoms. The quantitative estimate of drug-likeness (QED) is 0.145. The summed E-state index contributed by atoms with van der Waals surface area (Å²) < 4.78 is 0. The molecular formula is C12H25N3O2. The summed E-state index contributed by atoms with van der Waals surface area (Å²) in [5, 5.41) is 12.3. The van der Waals surface area contributed by atoms with Crippen LogP contribution in [-0.4, -0.2) is 16.8 Å². The number of unbranched alkanes of at least 4 members (excludes halogenated alkanes) is 3. The standard InChI is InChI=1S/C12H25N3O2/c1-3-5-7-8-10(12(16)14-13)11(15-17)9-6-4-2/h10,17H,3-9,13H2,1-2H3,(H,14,16). The summed E-state index contributed by atoms with van der Waals surface area (Å²) in [5.41, 5.74) is 2.70. The van der Waals surface area contributed by atoms with Crippen molar-refractivity contribution in [2.45, 2.75) is 58.8 Å². The normalized spacial score (nSPS) is 13.5. The molecule has 0 saturated carbocycles. The second kappa shape index (κ2) is 10.1. The van der Waals surface area contributed by atoms with Crippen LogP contribution in [0, 0.1) is 5.92 Å². The molecule has 0 aromatic carbocycles. The first-order chi connectivity index (χ1) is 8.21. The van der Waals surface area contributed by atoms with E-state index in [0.29, 0.717) is 18.6 Å². The summed E-state index contributed by atoms with van der Waals surface area (Å²) in [7, 11) is 0. The van der Waals surface area contributed by atoms with Crippen LogP contribution in [0.3, 0.4) is 0 Å². The highest BCUT2D eigenvalue weighted by Gasteiger charge is 2.23. The molecule has 1 unspecified atom stereocenters. The molecule has 0 aromatic heterocycles. The van der Waals surface area contributed by atoms with E-state index in [9.17, 15) is 4.79 Å². The van der Waals surface area contributed by atoms with Crippen LogP contribution in [0.4, 0.5) is 0 Å². The average molecular weight is 243 g/mol. The van der Waals surface area contributed by atoms with Gasteiger partial charge in [-0.25, -0.2) is 5.84 Å². The molecule has 0 aromatic rings. The fourth-order valence-corrected chi connectivity index (χ4v) is 1.80. The topological polar surface area (TPSA) is 87.7 Å². The lowest BCUT2D eigenvalue weighted by atomic mass is 9.92. The summed E-state index contributed by atoms with van der Waals surface area (Å²) in [6, 6.07) is 0. The minimum Gasteiger partial charge on any atom is -0.411 e. The Morgan fingerprint density at radius 3 is 2.41 bits per heavy atom. The Bertz CT molecular complexity index is 242. The van der Waals surface area contributed by atoms with Crippen molar-refractivity contribution >= 4 is 11.6 Å². The number of hydrazine groups is 1. The minimum atomic E-state index is -0.386. The Labute approximate surface area is 103 Å². The third-order valence-electron chi connectivity index (χ3n) is 2.87. The molecule has 0 aliphatic carbocycles. The van der Waals surface area contributed by atoms with Gasteiger partial charge in [0.15, 0.2) is 0 Å². The van der Waals surface area contributed by atoms with Crippen LogP contribution in [0.2, 0.25) is 0 Å². The van der Waals surface area contributed by atoms with Gasteiger partial charge in [0.05, 0.1) is 11.6 Å². The molecule has 1 amide bonds. The minimum absolute atomic E-state index is 0.259. The number of nitrogens with two attached hydrogens (primary N) is 1. The highest BCUT2D eigenvalue weighted by atomic mass is 16.4. The van der Waals surface area contributed by atoms with Crippen LogP contribution in [0.25, 0.3) is 0 Å². The molecule has 17 heavy (non-hydrogen) atoms.